The van der Waals surface area contributed by atoms with Gasteiger partial charge < -0.3 is 10.1 Å². The lowest BCUT2D eigenvalue weighted by Crippen LogP contribution is -2.08. The Morgan fingerprint density at radius 1 is 1.27 bits per heavy atom. The van der Waals surface area contributed by atoms with Crippen LogP contribution in [0.4, 0.5) is 0 Å². The van der Waals surface area contributed by atoms with Crippen LogP contribution < -0.4 is 5.56 Å². The van der Waals surface area contributed by atoms with Gasteiger partial charge in [-0.05, 0) is 24.6 Å². The number of H-pyrrole nitrogens is 1. The molecule has 0 aliphatic carbocycles. The van der Waals surface area contributed by atoms with Crippen LogP contribution in [0.25, 0.3) is 10.8 Å². The summed E-state index contributed by atoms with van der Waals surface area (Å²) < 4.78 is 0. The average Bonchev–Trinajstić information content (AvgIpc) is 2.17. The molecule has 4 nitrogen and oxygen atoms in total. The largest absolute Gasteiger partial charge is 0.478 e. The van der Waals surface area contributed by atoms with Gasteiger partial charge in [-0.1, -0.05) is 6.07 Å². The Balaban J connectivity index is 3.01. The summed E-state index contributed by atoms with van der Waals surface area (Å²) in [5, 5.41) is 9.92. The number of nitrogens with one attached hydrogen (secondary N) is 1. The van der Waals surface area contributed by atoms with E-state index in [4.69, 9.17) is 5.11 Å². The molecule has 1 aromatic heterocycles. The third-order valence-corrected chi connectivity index (χ3v) is 2.38. The fourth-order valence-corrected chi connectivity index (χ4v) is 1.66. The molecule has 0 atom stereocenters. The van der Waals surface area contributed by atoms with E-state index in [1.807, 2.05) is 0 Å². The third-order valence-electron chi connectivity index (χ3n) is 2.38. The highest BCUT2D eigenvalue weighted by molar-refractivity contribution is 6.04. The molecule has 1 aromatic carbocycles. The van der Waals surface area contributed by atoms with Gasteiger partial charge in [0.15, 0.2) is 0 Å². The van der Waals surface area contributed by atoms with Crippen molar-refractivity contribution < 1.29 is 9.90 Å². The van der Waals surface area contributed by atoms with Gasteiger partial charge in [-0.15, -0.1) is 0 Å². The van der Waals surface area contributed by atoms with Crippen molar-refractivity contribution in [3.8, 4) is 0 Å². The summed E-state index contributed by atoms with van der Waals surface area (Å²) in [6.45, 7) is 1.71. The number of aryl methyl sites for hydroxylation is 1. The van der Waals surface area contributed by atoms with Crippen LogP contribution in [-0.2, 0) is 0 Å². The van der Waals surface area contributed by atoms with Gasteiger partial charge in [0.2, 0.25) is 0 Å². The minimum absolute atomic E-state index is 0.193. The molecule has 2 aromatic rings. The van der Waals surface area contributed by atoms with E-state index < -0.39 is 5.97 Å². The number of carbonyl (C=O) groups is 1. The van der Waals surface area contributed by atoms with Crippen LogP contribution in [0.2, 0.25) is 0 Å². The first-order valence-electron chi connectivity index (χ1n) is 4.45. The lowest BCUT2D eigenvalue weighted by Gasteiger charge is -2.04. The number of rotatable bonds is 1. The van der Waals surface area contributed by atoms with E-state index in [1.54, 1.807) is 25.1 Å². The molecule has 76 valence electrons. The van der Waals surface area contributed by atoms with Crippen molar-refractivity contribution in [1.29, 1.82) is 0 Å². The zero-order chi connectivity index (χ0) is 11.0. The Morgan fingerprint density at radius 3 is 2.67 bits per heavy atom. The summed E-state index contributed by atoms with van der Waals surface area (Å²) in [5.74, 6) is -1.01. The highest BCUT2D eigenvalue weighted by Gasteiger charge is 2.12. The lowest BCUT2D eigenvalue weighted by molar-refractivity contribution is 0.0698. The van der Waals surface area contributed by atoms with E-state index in [2.05, 4.69) is 4.98 Å². The standard InChI is InChI=1S/C11H9NO3/c1-6-2-3-8-7(9(6)11(14)15)4-5-12-10(8)13/h2-5H,1H3,(H,12,13)(H,14,15). The first kappa shape index (κ1) is 9.45. The molecular formula is C11H9NO3. The van der Waals surface area contributed by atoms with Crippen molar-refractivity contribution in [2.45, 2.75) is 6.92 Å². The summed E-state index contributed by atoms with van der Waals surface area (Å²) in [6, 6.07) is 4.88. The number of benzene rings is 1. The minimum Gasteiger partial charge on any atom is -0.478 e. The van der Waals surface area contributed by atoms with Gasteiger partial charge in [-0.2, -0.15) is 0 Å². The zero-order valence-corrected chi connectivity index (χ0v) is 8.07. The van der Waals surface area contributed by atoms with Crippen molar-refractivity contribution >= 4 is 16.7 Å². The molecule has 15 heavy (non-hydrogen) atoms. The van der Waals surface area contributed by atoms with Gasteiger partial charge in [0.05, 0.1) is 5.56 Å². The number of hydrogen-bond acceptors (Lipinski definition) is 2. The van der Waals surface area contributed by atoms with Crippen LogP contribution in [0.15, 0.2) is 29.2 Å². The van der Waals surface area contributed by atoms with Crippen LogP contribution in [0.3, 0.4) is 0 Å². The maximum absolute atomic E-state index is 11.4. The van der Waals surface area contributed by atoms with Crippen molar-refractivity contribution in [3.63, 3.8) is 0 Å². The normalized spacial score (nSPS) is 10.5. The van der Waals surface area contributed by atoms with E-state index in [9.17, 15) is 9.59 Å². The summed E-state index contributed by atoms with van der Waals surface area (Å²) in [4.78, 5) is 25.0. The van der Waals surface area contributed by atoms with E-state index >= 15 is 0 Å². The molecule has 0 radical (unpaired) electrons. The first-order valence-corrected chi connectivity index (χ1v) is 4.45. The smallest absolute Gasteiger partial charge is 0.336 e. The predicted octanol–water partition coefficient (Wildman–Crippen LogP) is 1.53. The monoisotopic (exact) mass is 203 g/mol. The summed E-state index contributed by atoms with van der Waals surface area (Å²) in [6.07, 6.45) is 1.45. The fourth-order valence-electron chi connectivity index (χ4n) is 1.66. The SMILES string of the molecule is Cc1ccc2c(=O)[nH]ccc2c1C(=O)O. The Labute approximate surface area is 85.2 Å². The van der Waals surface area contributed by atoms with Gasteiger partial charge in [0.1, 0.15) is 0 Å². The third kappa shape index (κ3) is 1.40. The number of carboxylic acid groups (broad SMARTS) is 1. The maximum Gasteiger partial charge on any atom is 0.336 e. The highest BCUT2D eigenvalue weighted by Crippen LogP contribution is 2.18. The molecule has 1 heterocycles. The van der Waals surface area contributed by atoms with Crippen molar-refractivity contribution in [1.82, 2.24) is 4.98 Å². The van der Waals surface area contributed by atoms with Crippen LogP contribution >= 0.6 is 0 Å². The van der Waals surface area contributed by atoms with Gasteiger partial charge >= 0.3 is 5.97 Å². The number of hydrogen-bond donors (Lipinski definition) is 2. The molecule has 0 saturated carbocycles. The number of aromatic amines is 1. The minimum atomic E-state index is -1.01. The number of aromatic carboxylic acids is 1. The van der Waals surface area contributed by atoms with Crippen molar-refractivity contribution in [2.75, 3.05) is 0 Å². The molecule has 0 spiro atoms. The number of carboxylic acids is 1. The summed E-state index contributed by atoms with van der Waals surface area (Å²) >= 11 is 0. The molecule has 0 fully saturated rings. The van der Waals surface area contributed by atoms with Crippen LogP contribution in [0, 0.1) is 6.92 Å². The zero-order valence-electron chi connectivity index (χ0n) is 8.07. The molecular weight excluding hydrogens is 194 g/mol. The highest BCUT2D eigenvalue weighted by atomic mass is 16.4. The fraction of sp³-hybridized carbons (Fsp3) is 0.0909. The van der Waals surface area contributed by atoms with Gasteiger partial charge in [0.25, 0.3) is 5.56 Å². The molecule has 4 heteroatoms. The average molecular weight is 203 g/mol. The second-order valence-corrected chi connectivity index (χ2v) is 3.33. The molecule has 2 N–H and O–H groups in total. The van der Waals surface area contributed by atoms with Crippen LogP contribution in [0.5, 0.6) is 0 Å². The molecule has 2 rings (SSSR count). The second kappa shape index (κ2) is 3.24. The second-order valence-electron chi connectivity index (χ2n) is 3.33. The summed E-state index contributed by atoms with van der Waals surface area (Å²) in [7, 11) is 0. The lowest BCUT2D eigenvalue weighted by atomic mass is 10.0. The van der Waals surface area contributed by atoms with Crippen LogP contribution in [-0.4, -0.2) is 16.1 Å². The first-order chi connectivity index (χ1) is 7.11. The number of pyridine rings is 1. The van der Waals surface area contributed by atoms with E-state index in [1.165, 1.54) is 6.20 Å². The molecule has 0 unspecified atom stereocenters. The quantitative estimate of drug-likeness (QED) is 0.738. The molecule has 0 saturated heterocycles. The maximum atomic E-state index is 11.4. The van der Waals surface area contributed by atoms with E-state index in [0.29, 0.717) is 16.3 Å². The molecule has 0 aliphatic rings. The number of aromatic nitrogens is 1. The molecule has 0 aliphatic heterocycles. The Kier molecular flexibility index (Phi) is 2.04. The van der Waals surface area contributed by atoms with E-state index in [0.717, 1.165) is 0 Å². The molecule has 0 amide bonds. The predicted molar refractivity (Wildman–Crippen MR) is 56.3 cm³/mol. The Bertz CT molecular complexity index is 598. The van der Waals surface area contributed by atoms with Crippen molar-refractivity contribution in [2.24, 2.45) is 0 Å². The number of fused-ring (bicyclic) bond motifs is 1. The van der Waals surface area contributed by atoms with Crippen molar-refractivity contribution in [3.05, 3.63) is 45.9 Å². The topological polar surface area (TPSA) is 70.2 Å². The van der Waals surface area contributed by atoms with Gasteiger partial charge in [0, 0.05) is 17.0 Å². The summed E-state index contributed by atoms with van der Waals surface area (Å²) in [5.41, 5.74) is 0.578. The Morgan fingerprint density at radius 2 is 2.00 bits per heavy atom. The van der Waals surface area contributed by atoms with E-state index in [-0.39, 0.29) is 11.1 Å². The van der Waals surface area contributed by atoms with Gasteiger partial charge in [-0.25, -0.2) is 4.79 Å². The Hall–Kier alpha value is -2.10. The van der Waals surface area contributed by atoms with Crippen LogP contribution in [0.1, 0.15) is 15.9 Å². The molecule has 0 bridgehead atoms. The van der Waals surface area contributed by atoms with Gasteiger partial charge in [-0.3, -0.25) is 4.79 Å².